The van der Waals surface area contributed by atoms with E-state index in [4.69, 9.17) is 5.11 Å². The molecule has 1 aliphatic rings. The number of aliphatic hydroxyl groups is 1. The molecular formula is C7H11NO3. The molecule has 0 aliphatic carbocycles. The lowest BCUT2D eigenvalue weighted by atomic mass is 10.6. The summed E-state index contributed by atoms with van der Waals surface area (Å²) in [6, 6.07) is 0. The summed E-state index contributed by atoms with van der Waals surface area (Å²) in [6.45, 7) is 3.46. The van der Waals surface area contributed by atoms with Crippen molar-refractivity contribution in [3.05, 3.63) is 12.2 Å². The molecule has 0 aromatic heterocycles. The van der Waals surface area contributed by atoms with Gasteiger partial charge in [-0.3, -0.25) is 14.5 Å². The minimum absolute atomic E-state index is 0.456. The Balaban J connectivity index is 0.000000461. The van der Waals surface area contributed by atoms with E-state index in [1.54, 1.807) is 0 Å². The van der Waals surface area contributed by atoms with E-state index in [1.807, 2.05) is 13.8 Å². The van der Waals surface area contributed by atoms with Crippen LogP contribution in [-0.2, 0) is 9.59 Å². The summed E-state index contributed by atoms with van der Waals surface area (Å²) in [6.07, 6.45) is 2.25. The molecule has 0 unspecified atom stereocenters. The molecule has 2 amide bonds. The number of carbonyl (C=O) groups excluding carboxylic acids is 2. The maximum Gasteiger partial charge on any atom is 0.255 e. The normalized spacial score (nSPS) is 15.0. The fourth-order valence-electron chi connectivity index (χ4n) is 0.571. The summed E-state index contributed by atoms with van der Waals surface area (Å²) >= 11 is 0. The minimum Gasteiger partial charge on any atom is -0.376 e. The molecule has 1 aliphatic heterocycles. The number of imide groups is 1. The predicted molar refractivity (Wildman–Crippen MR) is 39.4 cm³/mol. The molecule has 1 heterocycles. The van der Waals surface area contributed by atoms with Crippen LogP contribution in [0.5, 0.6) is 0 Å². The molecule has 4 heteroatoms. The zero-order valence-electron chi connectivity index (χ0n) is 6.57. The Labute approximate surface area is 65.1 Å². The van der Waals surface area contributed by atoms with Crippen molar-refractivity contribution in [1.82, 2.24) is 4.90 Å². The van der Waals surface area contributed by atoms with Crippen LogP contribution >= 0.6 is 0 Å². The molecule has 0 aromatic carbocycles. The zero-order chi connectivity index (χ0) is 8.85. The second-order valence-electron chi connectivity index (χ2n) is 1.58. The average Bonchev–Trinajstić information content (AvgIpc) is 2.35. The highest BCUT2D eigenvalue weighted by Crippen LogP contribution is 1.99. The molecule has 11 heavy (non-hydrogen) atoms. The third-order valence-electron chi connectivity index (χ3n) is 1.04. The van der Waals surface area contributed by atoms with Crippen LogP contribution < -0.4 is 0 Å². The number of rotatable bonds is 1. The molecule has 0 spiro atoms. The van der Waals surface area contributed by atoms with Crippen LogP contribution in [-0.4, -0.2) is 28.6 Å². The molecule has 4 nitrogen and oxygen atoms in total. The van der Waals surface area contributed by atoms with Crippen molar-refractivity contribution >= 4 is 11.8 Å². The van der Waals surface area contributed by atoms with Crippen molar-refractivity contribution in [2.45, 2.75) is 13.8 Å². The van der Waals surface area contributed by atoms with E-state index < -0.39 is 18.5 Å². The summed E-state index contributed by atoms with van der Waals surface area (Å²) in [5.41, 5.74) is 0. The Morgan fingerprint density at radius 3 is 1.82 bits per heavy atom. The smallest absolute Gasteiger partial charge is 0.255 e. The maximum atomic E-state index is 10.5. The highest BCUT2D eigenvalue weighted by Gasteiger charge is 2.21. The Hall–Kier alpha value is -1.16. The molecule has 0 saturated carbocycles. The summed E-state index contributed by atoms with van der Waals surface area (Å²) < 4.78 is 0. The molecule has 62 valence electrons. The molecule has 0 radical (unpaired) electrons. The standard InChI is InChI=1S/C5H5NO3.C2H6/c7-3-6-4(8)1-2-5(6)9;1-2/h1-2,7H,3H2;1-2H3. The van der Waals surface area contributed by atoms with Crippen LogP contribution in [0.25, 0.3) is 0 Å². The number of hydrogen-bond acceptors (Lipinski definition) is 3. The first-order chi connectivity index (χ1) is 5.25. The van der Waals surface area contributed by atoms with Crippen molar-refractivity contribution in [3.8, 4) is 0 Å². The van der Waals surface area contributed by atoms with Gasteiger partial charge in [0.25, 0.3) is 11.8 Å². The van der Waals surface area contributed by atoms with E-state index >= 15 is 0 Å². The van der Waals surface area contributed by atoms with Crippen molar-refractivity contribution in [2.24, 2.45) is 0 Å². The number of hydrogen-bond donors (Lipinski definition) is 1. The third kappa shape index (κ3) is 2.16. The zero-order valence-corrected chi connectivity index (χ0v) is 6.57. The van der Waals surface area contributed by atoms with Gasteiger partial charge < -0.3 is 5.11 Å². The van der Waals surface area contributed by atoms with Crippen LogP contribution in [0.1, 0.15) is 13.8 Å². The second kappa shape index (κ2) is 4.62. The van der Waals surface area contributed by atoms with Crippen LogP contribution in [0.3, 0.4) is 0 Å². The summed E-state index contributed by atoms with van der Waals surface area (Å²) in [4.78, 5) is 21.7. The lowest BCUT2D eigenvalue weighted by molar-refractivity contribution is -0.140. The van der Waals surface area contributed by atoms with Crippen molar-refractivity contribution in [1.29, 1.82) is 0 Å². The number of amides is 2. The van der Waals surface area contributed by atoms with E-state index in [1.165, 1.54) is 0 Å². The van der Waals surface area contributed by atoms with Gasteiger partial charge in [0.05, 0.1) is 0 Å². The van der Waals surface area contributed by atoms with Gasteiger partial charge in [0.15, 0.2) is 0 Å². The Bertz CT molecular complexity index is 168. The second-order valence-corrected chi connectivity index (χ2v) is 1.58. The highest BCUT2D eigenvalue weighted by molar-refractivity contribution is 6.12. The predicted octanol–water partition coefficient (Wildman–Crippen LogP) is -0.113. The van der Waals surface area contributed by atoms with Crippen molar-refractivity contribution in [2.75, 3.05) is 6.73 Å². The molecule has 1 N–H and O–H groups in total. The molecule has 0 aromatic rings. The molecule has 0 saturated heterocycles. The maximum absolute atomic E-state index is 10.5. The molecular weight excluding hydrogens is 146 g/mol. The van der Waals surface area contributed by atoms with Crippen molar-refractivity contribution < 1.29 is 14.7 Å². The van der Waals surface area contributed by atoms with Gasteiger partial charge >= 0.3 is 0 Å². The average molecular weight is 157 g/mol. The van der Waals surface area contributed by atoms with E-state index in [0.29, 0.717) is 0 Å². The molecule has 0 fully saturated rings. The quantitative estimate of drug-likeness (QED) is 0.540. The lowest BCUT2D eigenvalue weighted by Crippen LogP contribution is -2.30. The minimum atomic E-state index is -0.537. The number of aliphatic hydroxyl groups excluding tert-OH is 1. The van der Waals surface area contributed by atoms with Gasteiger partial charge in [0.2, 0.25) is 0 Å². The van der Waals surface area contributed by atoms with Crippen molar-refractivity contribution in [3.63, 3.8) is 0 Å². The van der Waals surface area contributed by atoms with Gasteiger partial charge in [0.1, 0.15) is 6.73 Å². The first kappa shape index (κ1) is 9.84. The van der Waals surface area contributed by atoms with E-state index in [-0.39, 0.29) is 0 Å². The largest absolute Gasteiger partial charge is 0.376 e. The summed E-state index contributed by atoms with van der Waals surface area (Å²) in [5, 5.41) is 8.35. The first-order valence-corrected chi connectivity index (χ1v) is 3.40. The number of nitrogens with zero attached hydrogens (tertiary/aromatic N) is 1. The molecule has 0 atom stereocenters. The van der Waals surface area contributed by atoms with Gasteiger partial charge in [-0.15, -0.1) is 0 Å². The first-order valence-electron chi connectivity index (χ1n) is 3.40. The SMILES string of the molecule is CC.O=C1C=CC(=O)N1CO. The fourth-order valence-corrected chi connectivity index (χ4v) is 0.571. The topological polar surface area (TPSA) is 57.6 Å². The van der Waals surface area contributed by atoms with Crippen LogP contribution in [0, 0.1) is 0 Å². The van der Waals surface area contributed by atoms with E-state index in [2.05, 4.69) is 0 Å². The molecule has 0 bridgehead atoms. The van der Waals surface area contributed by atoms with Gasteiger partial charge in [0, 0.05) is 12.2 Å². The van der Waals surface area contributed by atoms with E-state index in [0.717, 1.165) is 17.1 Å². The Morgan fingerprint density at radius 1 is 1.27 bits per heavy atom. The third-order valence-corrected chi connectivity index (χ3v) is 1.04. The van der Waals surface area contributed by atoms with Gasteiger partial charge in [-0.2, -0.15) is 0 Å². The van der Waals surface area contributed by atoms with Crippen LogP contribution in [0.4, 0.5) is 0 Å². The van der Waals surface area contributed by atoms with Crippen LogP contribution in [0.15, 0.2) is 12.2 Å². The Kier molecular flexibility index (Phi) is 4.14. The highest BCUT2D eigenvalue weighted by atomic mass is 16.3. The fraction of sp³-hybridized carbons (Fsp3) is 0.429. The van der Waals surface area contributed by atoms with Crippen LogP contribution in [0.2, 0.25) is 0 Å². The summed E-state index contributed by atoms with van der Waals surface area (Å²) in [7, 11) is 0. The Morgan fingerprint density at radius 2 is 1.64 bits per heavy atom. The number of carbonyl (C=O) groups is 2. The van der Waals surface area contributed by atoms with Gasteiger partial charge in [-0.25, -0.2) is 0 Å². The van der Waals surface area contributed by atoms with Gasteiger partial charge in [-0.05, 0) is 0 Å². The van der Waals surface area contributed by atoms with E-state index in [9.17, 15) is 9.59 Å². The monoisotopic (exact) mass is 157 g/mol. The summed E-state index contributed by atoms with van der Waals surface area (Å²) in [5.74, 6) is -0.912. The molecule has 1 rings (SSSR count). The van der Waals surface area contributed by atoms with Gasteiger partial charge in [-0.1, -0.05) is 13.8 Å². The lowest BCUT2D eigenvalue weighted by Gasteiger charge is -2.06.